The number of nitrogens with zero attached hydrogens (tertiary/aromatic N) is 1. The van der Waals surface area contributed by atoms with Gasteiger partial charge < -0.3 is 10.4 Å². The average molecular weight is 288 g/mol. The van der Waals surface area contributed by atoms with Gasteiger partial charge in [0.05, 0.1) is 5.92 Å². The Bertz CT molecular complexity index is 597. The van der Waals surface area contributed by atoms with E-state index in [1.807, 2.05) is 24.3 Å². The number of carboxylic acid groups (broad SMARTS) is 1. The molecule has 5 heteroatoms. The third kappa shape index (κ3) is 2.60. The van der Waals surface area contributed by atoms with Gasteiger partial charge in [0, 0.05) is 18.3 Å². The van der Waals surface area contributed by atoms with E-state index in [4.69, 9.17) is 0 Å². The minimum atomic E-state index is -0.853. The molecule has 0 radical (unpaired) electrons. The molecular weight excluding hydrogens is 268 g/mol. The third-order valence-corrected chi connectivity index (χ3v) is 4.56. The second-order valence-corrected chi connectivity index (χ2v) is 6.67. The van der Waals surface area contributed by atoms with Crippen LogP contribution in [0.4, 0.5) is 10.5 Å². The van der Waals surface area contributed by atoms with Crippen LogP contribution in [-0.4, -0.2) is 29.7 Å². The van der Waals surface area contributed by atoms with Crippen LogP contribution in [0.1, 0.15) is 25.8 Å². The molecular formula is C16H20N2O3. The van der Waals surface area contributed by atoms with Crippen molar-refractivity contribution in [2.24, 2.45) is 11.3 Å². The monoisotopic (exact) mass is 288 g/mol. The molecule has 0 saturated heterocycles. The molecule has 1 fully saturated rings. The third-order valence-electron chi connectivity index (χ3n) is 4.56. The molecule has 2 amide bonds. The maximum absolute atomic E-state index is 12.5. The Morgan fingerprint density at radius 2 is 2.00 bits per heavy atom. The summed E-state index contributed by atoms with van der Waals surface area (Å²) in [5, 5.41) is 12.3. The lowest BCUT2D eigenvalue weighted by molar-refractivity contribution is -0.141. The van der Waals surface area contributed by atoms with Crippen molar-refractivity contribution in [1.29, 1.82) is 0 Å². The van der Waals surface area contributed by atoms with Crippen LogP contribution in [0.25, 0.3) is 0 Å². The van der Waals surface area contributed by atoms with E-state index < -0.39 is 11.9 Å². The van der Waals surface area contributed by atoms with Gasteiger partial charge in [0.1, 0.15) is 0 Å². The summed E-state index contributed by atoms with van der Waals surface area (Å²) in [6, 6.07) is 7.52. The van der Waals surface area contributed by atoms with Crippen molar-refractivity contribution >= 4 is 17.7 Å². The van der Waals surface area contributed by atoms with E-state index in [2.05, 4.69) is 19.2 Å². The lowest BCUT2D eigenvalue weighted by Gasteiger charge is -2.33. The molecule has 0 aromatic heterocycles. The Kier molecular flexibility index (Phi) is 3.15. The summed E-state index contributed by atoms with van der Waals surface area (Å²) in [7, 11) is 0. The number of hydrogen-bond acceptors (Lipinski definition) is 2. The Hall–Kier alpha value is -2.04. The molecule has 2 atom stereocenters. The normalized spacial score (nSPS) is 25.9. The van der Waals surface area contributed by atoms with Crippen molar-refractivity contribution in [2.45, 2.75) is 32.7 Å². The highest BCUT2D eigenvalue weighted by molar-refractivity contribution is 5.95. The quantitative estimate of drug-likeness (QED) is 0.877. The highest BCUT2D eigenvalue weighted by Crippen LogP contribution is 2.44. The number of anilines is 1. The number of urea groups is 1. The predicted octanol–water partition coefficient (Wildman–Crippen LogP) is 2.26. The first-order valence-electron chi connectivity index (χ1n) is 7.27. The zero-order chi connectivity index (χ0) is 15.2. The topological polar surface area (TPSA) is 69.6 Å². The van der Waals surface area contributed by atoms with E-state index in [1.165, 1.54) is 0 Å². The fourth-order valence-electron chi connectivity index (χ4n) is 2.89. The maximum atomic E-state index is 12.5. The minimum Gasteiger partial charge on any atom is -0.481 e. The number of fused-ring (bicyclic) bond motifs is 1. The Balaban J connectivity index is 1.82. The van der Waals surface area contributed by atoms with Gasteiger partial charge in [-0.15, -0.1) is 0 Å². The van der Waals surface area contributed by atoms with E-state index in [9.17, 15) is 14.7 Å². The molecule has 0 spiro atoms. The van der Waals surface area contributed by atoms with Gasteiger partial charge in [-0.1, -0.05) is 32.0 Å². The molecule has 1 aliphatic heterocycles. The minimum absolute atomic E-state index is 0.150. The second kappa shape index (κ2) is 4.76. The molecule has 1 saturated carbocycles. The number of carbonyl (C=O) groups is 2. The fourth-order valence-corrected chi connectivity index (χ4v) is 2.89. The van der Waals surface area contributed by atoms with Gasteiger partial charge in [-0.05, 0) is 29.9 Å². The summed E-state index contributed by atoms with van der Waals surface area (Å²) in [4.78, 5) is 25.4. The van der Waals surface area contributed by atoms with Gasteiger partial charge >= 0.3 is 12.0 Å². The number of para-hydroxylation sites is 1. The number of carbonyl (C=O) groups excluding carboxylic acids is 1. The summed E-state index contributed by atoms with van der Waals surface area (Å²) < 4.78 is 0. The van der Waals surface area contributed by atoms with Crippen molar-refractivity contribution in [2.75, 3.05) is 11.4 Å². The molecule has 1 aromatic carbocycles. The number of carboxylic acids is 1. The van der Waals surface area contributed by atoms with Crippen molar-refractivity contribution in [1.82, 2.24) is 5.32 Å². The standard InChI is InChI=1S/C16H20N2O3/c1-16(2)8-13(16)17-15(21)18-9-11(14(19)20)7-10-5-3-4-6-12(10)18/h3-6,11,13H,7-9H2,1-2H3,(H,17,21)(H,19,20). The molecule has 1 aliphatic carbocycles. The highest BCUT2D eigenvalue weighted by Gasteiger charge is 2.47. The molecule has 0 bridgehead atoms. The maximum Gasteiger partial charge on any atom is 0.322 e. The first-order chi connectivity index (χ1) is 9.88. The summed E-state index contributed by atoms with van der Waals surface area (Å²) in [5.41, 5.74) is 1.89. The molecule has 21 heavy (non-hydrogen) atoms. The second-order valence-electron chi connectivity index (χ2n) is 6.67. The molecule has 1 heterocycles. The van der Waals surface area contributed by atoms with Gasteiger partial charge in [0.15, 0.2) is 0 Å². The van der Waals surface area contributed by atoms with Crippen molar-refractivity contribution < 1.29 is 14.7 Å². The van der Waals surface area contributed by atoms with Crippen molar-refractivity contribution in [3.63, 3.8) is 0 Å². The Morgan fingerprint density at radius 1 is 1.33 bits per heavy atom. The van der Waals surface area contributed by atoms with Crippen LogP contribution < -0.4 is 10.2 Å². The highest BCUT2D eigenvalue weighted by atomic mass is 16.4. The summed E-state index contributed by atoms with van der Waals surface area (Å²) in [6.07, 6.45) is 1.45. The largest absolute Gasteiger partial charge is 0.481 e. The number of rotatable bonds is 2. The number of amides is 2. The fraction of sp³-hybridized carbons (Fsp3) is 0.500. The Morgan fingerprint density at radius 3 is 2.62 bits per heavy atom. The summed E-state index contributed by atoms with van der Waals surface area (Å²) in [5.74, 6) is -1.40. The van der Waals surface area contributed by atoms with E-state index >= 15 is 0 Å². The number of nitrogens with one attached hydrogen (secondary N) is 1. The zero-order valence-electron chi connectivity index (χ0n) is 12.3. The van der Waals surface area contributed by atoms with Gasteiger partial charge in [0.25, 0.3) is 0 Å². The molecule has 1 aromatic rings. The van der Waals surface area contributed by atoms with Crippen LogP contribution in [0.5, 0.6) is 0 Å². The molecule has 2 N–H and O–H groups in total. The van der Waals surface area contributed by atoms with Gasteiger partial charge in [-0.2, -0.15) is 0 Å². The van der Waals surface area contributed by atoms with Crippen LogP contribution in [0.3, 0.4) is 0 Å². The lowest BCUT2D eigenvalue weighted by atomic mass is 9.93. The molecule has 2 aliphatic rings. The van der Waals surface area contributed by atoms with Gasteiger partial charge in [0.2, 0.25) is 0 Å². The van der Waals surface area contributed by atoms with Crippen LogP contribution in [0, 0.1) is 11.3 Å². The first kappa shape index (κ1) is 13.9. The molecule has 3 rings (SSSR count). The van der Waals surface area contributed by atoms with E-state index in [0.29, 0.717) is 6.42 Å². The predicted molar refractivity (Wildman–Crippen MR) is 79.3 cm³/mol. The van der Waals surface area contributed by atoms with Crippen molar-refractivity contribution in [3.8, 4) is 0 Å². The average Bonchev–Trinajstić information content (AvgIpc) is 3.04. The van der Waals surface area contributed by atoms with E-state index in [-0.39, 0.29) is 24.0 Å². The van der Waals surface area contributed by atoms with Crippen molar-refractivity contribution in [3.05, 3.63) is 29.8 Å². The first-order valence-corrected chi connectivity index (χ1v) is 7.27. The number of benzene rings is 1. The SMILES string of the molecule is CC1(C)CC1NC(=O)N1CC(C(=O)O)Cc2ccccc21. The van der Waals surface area contributed by atoms with E-state index in [1.54, 1.807) is 4.90 Å². The number of hydrogen-bond donors (Lipinski definition) is 2. The molecule has 112 valence electrons. The van der Waals surface area contributed by atoms with Gasteiger partial charge in [-0.25, -0.2) is 4.79 Å². The number of aliphatic carboxylic acids is 1. The van der Waals surface area contributed by atoms with Crippen LogP contribution in [0.2, 0.25) is 0 Å². The summed E-state index contributed by atoms with van der Waals surface area (Å²) >= 11 is 0. The zero-order valence-corrected chi connectivity index (χ0v) is 12.3. The molecule has 5 nitrogen and oxygen atoms in total. The van der Waals surface area contributed by atoms with Gasteiger partial charge in [-0.3, -0.25) is 9.69 Å². The van der Waals surface area contributed by atoms with E-state index in [0.717, 1.165) is 17.7 Å². The smallest absolute Gasteiger partial charge is 0.322 e. The lowest BCUT2D eigenvalue weighted by Crippen LogP contribution is -2.48. The Labute approximate surface area is 123 Å². The van der Waals surface area contributed by atoms with Crippen LogP contribution in [-0.2, 0) is 11.2 Å². The van der Waals surface area contributed by atoms with Crippen LogP contribution >= 0.6 is 0 Å². The summed E-state index contributed by atoms with van der Waals surface area (Å²) in [6.45, 7) is 4.45. The molecule has 2 unspecified atom stereocenters. The van der Waals surface area contributed by atoms with Crippen LogP contribution in [0.15, 0.2) is 24.3 Å².